The first-order chi connectivity index (χ1) is 12.6. The van der Waals surface area contributed by atoms with E-state index in [2.05, 4.69) is 19.6 Å². The molecule has 2 aromatic rings. The fourth-order valence-corrected chi connectivity index (χ4v) is 5.76. The molecule has 5 nitrogen and oxygen atoms in total. The number of sulfone groups is 1. The highest BCUT2D eigenvalue weighted by molar-refractivity contribution is 7.91. The molecule has 27 heavy (non-hydrogen) atoms. The van der Waals surface area contributed by atoms with Crippen molar-refractivity contribution in [2.45, 2.75) is 43.3 Å². The highest BCUT2D eigenvalue weighted by atomic mass is 32.2. The van der Waals surface area contributed by atoms with E-state index in [1.165, 1.54) is 11.0 Å². The van der Waals surface area contributed by atoms with E-state index in [1.54, 1.807) is 36.4 Å². The van der Waals surface area contributed by atoms with Crippen molar-refractivity contribution in [2.24, 2.45) is 0 Å². The summed E-state index contributed by atoms with van der Waals surface area (Å²) in [4.78, 5) is 14.3. The van der Waals surface area contributed by atoms with Crippen molar-refractivity contribution in [3.05, 3.63) is 48.5 Å². The summed E-state index contributed by atoms with van der Waals surface area (Å²) >= 11 is 0. The first kappa shape index (κ1) is 21.2. The highest BCUT2D eigenvalue weighted by Gasteiger charge is 2.31. The fourth-order valence-electron chi connectivity index (χ4n) is 2.78. The van der Waals surface area contributed by atoms with Crippen LogP contribution in [0.1, 0.15) is 13.8 Å². The molecule has 7 heteroatoms. The minimum absolute atomic E-state index is 0.0362. The lowest BCUT2D eigenvalue weighted by Gasteiger charge is -2.25. The van der Waals surface area contributed by atoms with Gasteiger partial charge in [-0.25, -0.2) is 13.2 Å². The Labute approximate surface area is 162 Å². The van der Waals surface area contributed by atoms with Crippen LogP contribution >= 0.6 is 0 Å². The standard InChI is InChI=1S/C20H27NO4SSi/c1-6-21(7-2)20(22)25-19-17(14-11-15-18(19)27(3,4)5)26(23,24)16-12-9-8-10-13-16/h8-15H,6-7H2,1-5H3. The molecule has 0 radical (unpaired) electrons. The number of benzene rings is 2. The highest BCUT2D eigenvalue weighted by Crippen LogP contribution is 2.30. The molecule has 0 spiro atoms. The Kier molecular flexibility index (Phi) is 6.49. The van der Waals surface area contributed by atoms with Gasteiger partial charge in [-0.1, -0.05) is 50.0 Å². The quantitative estimate of drug-likeness (QED) is 0.684. The van der Waals surface area contributed by atoms with Gasteiger partial charge in [-0.05, 0) is 37.2 Å². The van der Waals surface area contributed by atoms with Gasteiger partial charge in [0.25, 0.3) is 0 Å². The van der Waals surface area contributed by atoms with Crippen LogP contribution in [0, 0.1) is 0 Å². The molecule has 2 rings (SSSR count). The van der Waals surface area contributed by atoms with E-state index in [0.29, 0.717) is 13.1 Å². The van der Waals surface area contributed by atoms with E-state index >= 15 is 0 Å². The minimum atomic E-state index is -3.81. The van der Waals surface area contributed by atoms with Gasteiger partial charge in [0.15, 0.2) is 5.75 Å². The van der Waals surface area contributed by atoms with Crippen molar-refractivity contribution < 1.29 is 17.9 Å². The smallest absolute Gasteiger partial charge is 0.409 e. The molecule has 1 amide bonds. The molecule has 0 bridgehead atoms. The minimum Gasteiger partial charge on any atom is -0.409 e. The summed E-state index contributed by atoms with van der Waals surface area (Å²) < 4.78 is 32.2. The molecule has 0 aromatic heterocycles. The Morgan fingerprint density at radius 1 is 0.963 bits per heavy atom. The molecule has 0 fully saturated rings. The summed E-state index contributed by atoms with van der Waals surface area (Å²) in [6.45, 7) is 11.0. The van der Waals surface area contributed by atoms with Crippen LogP contribution in [0.15, 0.2) is 58.3 Å². The van der Waals surface area contributed by atoms with Gasteiger partial charge >= 0.3 is 6.09 Å². The molecule has 0 aliphatic carbocycles. The van der Waals surface area contributed by atoms with Crippen LogP contribution in [0.2, 0.25) is 19.6 Å². The molecule has 146 valence electrons. The third kappa shape index (κ3) is 4.59. The first-order valence-corrected chi connectivity index (χ1v) is 14.0. The molecule has 0 atom stereocenters. The third-order valence-electron chi connectivity index (χ3n) is 4.34. The SMILES string of the molecule is CCN(CC)C(=O)Oc1c([Si](C)(C)C)cccc1S(=O)(=O)c1ccccc1. The Hall–Kier alpha value is -2.12. The van der Waals surface area contributed by atoms with Crippen LogP contribution in [-0.2, 0) is 9.84 Å². The average Bonchev–Trinajstić information content (AvgIpc) is 2.62. The Morgan fingerprint density at radius 2 is 1.56 bits per heavy atom. The van der Waals surface area contributed by atoms with Crippen LogP contribution in [0.3, 0.4) is 0 Å². The molecule has 2 aromatic carbocycles. The third-order valence-corrected chi connectivity index (χ3v) is 8.14. The maximum Gasteiger partial charge on any atom is 0.415 e. The number of amides is 1. The van der Waals surface area contributed by atoms with Crippen LogP contribution < -0.4 is 9.92 Å². The number of hydrogen-bond donors (Lipinski definition) is 0. The zero-order chi connectivity index (χ0) is 20.2. The Balaban J connectivity index is 2.67. The van der Waals surface area contributed by atoms with E-state index in [-0.39, 0.29) is 15.5 Å². The molecule has 0 heterocycles. The lowest BCUT2D eigenvalue weighted by atomic mass is 10.3. The number of para-hydroxylation sites is 1. The number of ether oxygens (including phenoxy) is 1. The van der Waals surface area contributed by atoms with E-state index in [0.717, 1.165) is 5.19 Å². The van der Waals surface area contributed by atoms with Gasteiger partial charge in [0.1, 0.15) is 4.90 Å². The van der Waals surface area contributed by atoms with Crippen LogP contribution in [0.5, 0.6) is 5.75 Å². The predicted molar refractivity (Wildman–Crippen MR) is 110 cm³/mol. The van der Waals surface area contributed by atoms with Crippen molar-refractivity contribution >= 4 is 29.2 Å². The molecule has 0 saturated heterocycles. The maximum atomic E-state index is 13.2. The summed E-state index contributed by atoms with van der Waals surface area (Å²) in [5.74, 6) is 0.164. The van der Waals surface area contributed by atoms with Crippen LogP contribution in [0.25, 0.3) is 0 Å². The number of rotatable bonds is 6. The molecule has 0 aliphatic heterocycles. The second-order valence-electron chi connectivity index (χ2n) is 7.24. The second-order valence-corrected chi connectivity index (χ2v) is 14.2. The Morgan fingerprint density at radius 3 is 2.07 bits per heavy atom. The van der Waals surface area contributed by atoms with Crippen LogP contribution in [0.4, 0.5) is 4.79 Å². The predicted octanol–water partition coefficient (Wildman–Crippen LogP) is 3.91. The fraction of sp³-hybridized carbons (Fsp3) is 0.350. The van der Waals surface area contributed by atoms with Crippen molar-refractivity contribution in [2.75, 3.05) is 13.1 Å². The summed E-state index contributed by atoms with van der Waals surface area (Å²) in [7, 11) is -5.78. The van der Waals surface area contributed by atoms with Crippen molar-refractivity contribution in [1.82, 2.24) is 4.90 Å². The number of carbonyl (C=O) groups is 1. The van der Waals surface area contributed by atoms with Gasteiger partial charge in [0, 0.05) is 13.1 Å². The van der Waals surface area contributed by atoms with Gasteiger partial charge in [-0.15, -0.1) is 0 Å². The Bertz CT molecular complexity index is 901. The molecular weight excluding hydrogens is 378 g/mol. The van der Waals surface area contributed by atoms with Crippen molar-refractivity contribution in [3.63, 3.8) is 0 Å². The largest absolute Gasteiger partial charge is 0.415 e. The maximum absolute atomic E-state index is 13.2. The van der Waals surface area contributed by atoms with Crippen LogP contribution in [-0.4, -0.2) is 40.6 Å². The summed E-state index contributed by atoms with van der Waals surface area (Å²) in [5, 5.41) is 0.806. The lowest BCUT2D eigenvalue weighted by molar-refractivity contribution is 0.156. The van der Waals surface area contributed by atoms with Gasteiger partial charge in [-0.2, -0.15) is 0 Å². The van der Waals surface area contributed by atoms with Crippen molar-refractivity contribution in [3.8, 4) is 5.75 Å². The monoisotopic (exact) mass is 405 g/mol. The number of carbonyl (C=O) groups excluding carboxylic acids is 1. The summed E-state index contributed by atoms with van der Waals surface area (Å²) in [6.07, 6.45) is -0.532. The number of hydrogen-bond acceptors (Lipinski definition) is 4. The van der Waals surface area contributed by atoms with E-state index in [1.807, 2.05) is 19.9 Å². The summed E-state index contributed by atoms with van der Waals surface area (Å²) in [6, 6.07) is 13.3. The van der Waals surface area contributed by atoms with Gasteiger partial charge < -0.3 is 9.64 Å². The topological polar surface area (TPSA) is 63.7 Å². The molecule has 0 aliphatic rings. The first-order valence-electron chi connectivity index (χ1n) is 9.03. The molecular formula is C20H27NO4SSi. The van der Waals surface area contributed by atoms with E-state index < -0.39 is 24.0 Å². The zero-order valence-corrected chi connectivity index (χ0v) is 18.3. The number of nitrogens with zero attached hydrogens (tertiary/aromatic N) is 1. The lowest BCUT2D eigenvalue weighted by Crippen LogP contribution is -2.41. The van der Waals surface area contributed by atoms with Crippen molar-refractivity contribution in [1.29, 1.82) is 0 Å². The van der Waals surface area contributed by atoms with Gasteiger partial charge in [0.05, 0.1) is 13.0 Å². The van der Waals surface area contributed by atoms with E-state index in [9.17, 15) is 13.2 Å². The average molecular weight is 406 g/mol. The van der Waals surface area contributed by atoms with Gasteiger partial charge in [0.2, 0.25) is 9.84 Å². The van der Waals surface area contributed by atoms with Gasteiger partial charge in [-0.3, -0.25) is 0 Å². The molecule has 0 N–H and O–H groups in total. The zero-order valence-electron chi connectivity index (χ0n) is 16.5. The molecule has 0 unspecified atom stereocenters. The molecule has 0 saturated carbocycles. The summed E-state index contributed by atoms with van der Waals surface area (Å²) in [5.41, 5.74) is 0. The second kappa shape index (κ2) is 8.27. The normalized spacial score (nSPS) is 11.9. The van der Waals surface area contributed by atoms with E-state index in [4.69, 9.17) is 4.74 Å².